The minimum absolute atomic E-state index is 0.0291. The summed E-state index contributed by atoms with van der Waals surface area (Å²) in [6.45, 7) is 3.10. The Morgan fingerprint density at radius 2 is 1.52 bits per heavy atom. The highest BCUT2D eigenvalue weighted by Crippen LogP contribution is 2.42. The van der Waals surface area contributed by atoms with Crippen molar-refractivity contribution in [3.05, 3.63) is 118 Å². The number of rotatable bonds is 12. The monoisotopic (exact) mass is 563 g/mol. The second-order valence-corrected chi connectivity index (χ2v) is 10.4. The number of anilines is 2. The number of piperidine rings is 1. The Morgan fingerprint density at radius 3 is 2.07 bits per heavy atom. The van der Waals surface area contributed by atoms with Crippen LogP contribution in [0.2, 0.25) is 0 Å². The number of non-ortho nitro benzene ring substituents is 1. The zero-order valence-corrected chi connectivity index (χ0v) is 23.3. The van der Waals surface area contributed by atoms with E-state index in [9.17, 15) is 19.7 Å². The predicted molar refractivity (Wildman–Crippen MR) is 163 cm³/mol. The molecule has 214 valence electrons. The van der Waals surface area contributed by atoms with E-state index >= 15 is 0 Å². The molecule has 0 spiro atoms. The lowest BCUT2D eigenvalue weighted by Gasteiger charge is -2.43. The molecule has 1 saturated heterocycles. The van der Waals surface area contributed by atoms with Gasteiger partial charge in [-0.05, 0) is 73.8 Å². The molecule has 1 aliphatic heterocycles. The van der Waals surface area contributed by atoms with Crippen molar-refractivity contribution < 1.29 is 14.5 Å². The van der Waals surface area contributed by atoms with Crippen LogP contribution in [0.4, 0.5) is 17.2 Å². The molecule has 0 unspecified atom stereocenters. The molecule has 2 amide bonds. The number of pyridine rings is 1. The van der Waals surface area contributed by atoms with Crippen molar-refractivity contribution in [2.45, 2.75) is 24.7 Å². The van der Waals surface area contributed by atoms with Gasteiger partial charge < -0.3 is 15.1 Å². The van der Waals surface area contributed by atoms with Gasteiger partial charge in [-0.3, -0.25) is 19.7 Å². The van der Waals surface area contributed by atoms with Crippen LogP contribution in [0, 0.1) is 10.1 Å². The van der Waals surface area contributed by atoms with Crippen molar-refractivity contribution in [2.75, 3.05) is 36.4 Å². The van der Waals surface area contributed by atoms with Crippen LogP contribution in [-0.2, 0) is 15.0 Å². The van der Waals surface area contributed by atoms with Crippen LogP contribution in [0.25, 0.3) is 11.1 Å². The first-order valence-corrected chi connectivity index (χ1v) is 14.0. The highest BCUT2D eigenvalue weighted by molar-refractivity contribution is 5.95. The minimum Gasteiger partial charge on any atom is -0.312 e. The third kappa shape index (κ3) is 6.06. The van der Waals surface area contributed by atoms with E-state index in [1.54, 1.807) is 23.1 Å². The maximum atomic E-state index is 12.3. The fourth-order valence-electron chi connectivity index (χ4n) is 6.00. The summed E-state index contributed by atoms with van der Waals surface area (Å²) in [6, 6.07) is 29.3. The van der Waals surface area contributed by atoms with Crippen molar-refractivity contribution in [3.63, 3.8) is 0 Å². The molecule has 0 bridgehead atoms. The van der Waals surface area contributed by atoms with E-state index in [4.69, 9.17) is 0 Å². The molecule has 1 aliphatic rings. The summed E-state index contributed by atoms with van der Waals surface area (Å²) in [6.07, 6.45) is 5.52. The molecular weight excluding hydrogens is 530 g/mol. The number of carbonyl (C=O) groups excluding carboxylic acids is 2. The molecule has 1 aromatic heterocycles. The third-order valence-electron chi connectivity index (χ3n) is 8.16. The van der Waals surface area contributed by atoms with Gasteiger partial charge in [-0.15, -0.1) is 0 Å². The first-order chi connectivity index (χ1) is 20.6. The molecule has 0 aliphatic carbocycles. The van der Waals surface area contributed by atoms with Gasteiger partial charge in [-0.2, -0.15) is 0 Å². The fourth-order valence-corrected chi connectivity index (χ4v) is 6.00. The molecule has 0 atom stereocenters. The molecule has 1 fully saturated rings. The van der Waals surface area contributed by atoms with Crippen molar-refractivity contribution in [3.8, 4) is 11.1 Å². The number of nitrogens with zero attached hydrogens (tertiary/aromatic N) is 4. The molecule has 1 N–H and O–H groups in total. The van der Waals surface area contributed by atoms with Crippen LogP contribution in [-0.4, -0.2) is 53.8 Å². The number of carbonyl (C=O) groups is 2. The summed E-state index contributed by atoms with van der Waals surface area (Å²) in [5.41, 5.74) is 4.40. The van der Waals surface area contributed by atoms with Gasteiger partial charge in [0, 0.05) is 35.9 Å². The van der Waals surface area contributed by atoms with Crippen molar-refractivity contribution in [1.82, 2.24) is 9.88 Å². The second-order valence-electron chi connectivity index (χ2n) is 10.4. The van der Waals surface area contributed by atoms with Gasteiger partial charge in [0.2, 0.25) is 12.8 Å². The number of hydrogen-bond acceptors (Lipinski definition) is 6. The number of benzene rings is 3. The Hall–Kier alpha value is -4.89. The van der Waals surface area contributed by atoms with E-state index in [0.29, 0.717) is 29.8 Å². The number of nitrogens with one attached hydrogen (secondary N) is 1. The zero-order valence-electron chi connectivity index (χ0n) is 23.3. The number of amides is 2. The molecular formula is C33H33N5O4. The van der Waals surface area contributed by atoms with E-state index < -0.39 is 4.92 Å². The highest BCUT2D eigenvalue weighted by Gasteiger charge is 2.37. The SMILES string of the molecule is O=CNc1nccc(-c2ccc([N+](=O)[O-])cc2)c1N(C=O)CCCN1CCC(c2ccccc2)(c2ccccc2)CC1. The van der Waals surface area contributed by atoms with Crippen LogP contribution in [0.1, 0.15) is 30.4 Å². The Kier molecular flexibility index (Phi) is 8.99. The molecule has 9 nitrogen and oxygen atoms in total. The summed E-state index contributed by atoms with van der Waals surface area (Å²) >= 11 is 0. The van der Waals surface area contributed by atoms with E-state index in [1.165, 1.54) is 29.5 Å². The van der Waals surface area contributed by atoms with Gasteiger partial charge in [0.15, 0.2) is 5.82 Å². The maximum Gasteiger partial charge on any atom is 0.269 e. The van der Waals surface area contributed by atoms with Crippen molar-refractivity contribution >= 4 is 30.0 Å². The van der Waals surface area contributed by atoms with Crippen molar-refractivity contribution in [1.29, 1.82) is 0 Å². The quantitative estimate of drug-likeness (QED) is 0.135. The highest BCUT2D eigenvalue weighted by atomic mass is 16.6. The first-order valence-electron chi connectivity index (χ1n) is 14.0. The van der Waals surface area contributed by atoms with Gasteiger partial charge in [0.05, 0.1) is 10.6 Å². The summed E-state index contributed by atoms with van der Waals surface area (Å²) in [4.78, 5) is 42.6. The average molecular weight is 564 g/mol. The Morgan fingerprint density at radius 1 is 0.905 bits per heavy atom. The van der Waals surface area contributed by atoms with Crippen LogP contribution in [0.3, 0.4) is 0 Å². The number of likely N-dealkylation sites (tertiary alicyclic amines) is 1. The van der Waals surface area contributed by atoms with E-state index in [1.807, 2.05) is 0 Å². The van der Waals surface area contributed by atoms with Crippen LogP contribution in [0.15, 0.2) is 97.2 Å². The Balaban J connectivity index is 1.30. The predicted octanol–water partition coefficient (Wildman–Crippen LogP) is 5.66. The summed E-state index contributed by atoms with van der Waals surface area (Å²) in [5.74, 6) is 0.251. The van der Waals surface area contributed by atoms with E-state index in [2.05, 4.69) is 75.9 Å². The van der Waals surface area contributed by atoms with Gasteiger partial charge in [-0.1, -0.05) is 60.7 Å². The van der Waals surface area contributed by atoms with Crippen LogP contribution in [0.5, 0.6) is 0 Å². The number of hydrogen-bond donors (Lipinski definition) is 1. The van der Waals surface area contributed by atoms with Gasteiger partial charge in [0.25, 0.3) is 5.69 Å². The first kappa shape index (κ1) is 28.6. The topological polar surface area (TPSA) is 109 Å². The van der Waals surface area contributed by atoms with Gasteiger partial charge in [-0.25, -0.2) is 4.98 Å². The number of aromatic nitrogens is 1. The van der Waals surface area contributed by atoms with E-state index in [0.717, 1.165) is 45.3 Å². The summed E-state index contributed by atoms with van der Waals surface area (Å²) < 4.78 is 0. The standard InChI is InChI=1S/C33H33N5O4/c39-24-35-32-31(30(16-19-34-32)26-12-14-29(15-13-26)38(41)42)37(25-40)21-7-20-36-22-17-33(18-23-36,27-8-3-1-4-9-27)28-10-5-2-6-11-28/h1-6,8-16,19,24-25H,7,17-18,20-23H2,(H,34,35,39). The van der Waals surface area contributed by atoms with Gasteiger partial charge in [0.1, 0.15) is 0 Å². The normalized spacial score (nSPS) is 14.6. The summed E-state index contributed by atoms with van der Waals surface area (Å²) in [7, 11) is 0. The summed E-state index contributed by atoms with van der Waals surface area (Å²) in [5, 5.41) is 13.7. The van der Waals surface area contributed by atoms with Crippen LogP contribution >= 0.6 is 0 Å². The molecule has 4 aromatic rings. The second kappa shape index (κ2) is 13.2. The molecule has 9 heteroatoms. The smallest absolute Gasteiger partial charge is 0.269 e. The Labute approximate surface area is 245 Å². The van der Waals surface area contributed by atoms with Gasteiger partial charge >= 0.3 is 0 Å². The lowest BCUT2D eigenvalue weighted by atomic mass is 9.68. The molecule has 42 heavy (non-hydrogen) atoms. The number of nitro groups is 1. The van der Waals surface area contributed by atoms with E-state index in [-0.39, 0.29) is 16.9 Å². The largest absolute Gasteiger partial charge is 0.312 e. The minimum atomic E-state index is -0.460. The van der Waals surface area contributed by atoms with Crippen LogP contribution < -0.4 is 10.2 Å². The number of nitro benzene ring substituents is 1. The Bertz CT molecular complexity index is 1460. The van der Waals surface area contributed by atoms with Crippen molar-refractivity contribution in [2.24, 2.45) is 0 Å². The molecule has 2 heterocycles. The molecule has 0 radical (unpaired) electrons. The fraction of sp³-hybridized carbons (Fsp3) is 0.242. The zero-order chi connectivity index (χ0) is 29.4. The lowest BCUT2D eigenvalue weighted by Crippen LogP contribution is -2.44. The lowest BCUT2D eigenvalue weighted by molar-refractivity contribution is -0.384. The average Bonchev–Trinajstić information content (AvgIpc) is 3.05. The molecule has 5 rings (SSSR count). The molecule has 0 saturated carbocycles. The third-order valence-corrected chi connectivity index (χ3v) is 8.16. The maximum absolute atomic E-state index is 12.3. The molecule has 3 aromatic carbocycles.